The zero-order chi connectivity index (χ0) is 14.5. The molecule has 1 aliphatic heterocycles. The molecule has 0 saturated carbocycles. The molecule has 1 aliphatic rings. The summed E-state index contributed by atoms with van der Waals surface area (Å²) in [5.74, 6) is 2.74. The summed E-state index contributed by atoms with van der Waals surface area (Å²) in [6.45, 7) is 1.94. The van der Waals surface area contributed by atoms with Crippen LogP contribution in [0.3, 0.4) is 0 Å². The Kier molecular flexibility index (Phi) is 4.04. The van der Waals surface area contributed by atoms with Gasteiger partial charge in [-0.2, -0.15) is 4.98 Å². The van der Waals surface area contributed by atoms with E-state index in [0.717, 1.165) is 24.5 Å². The van der Waals surface area contributed by atoms with E-state index in [-0.39, 0.29) is 0 Å². The summed E-state index contributed by atoms with van der Waals surface area (Å²) in [4.78, 5) is 8.35. The Morgan fingerprint density at radius 3 is 2.90 bits per heavy atom. The van der Waals surface area contributed by atoms with Gasteiger partial charge >= 0.3 is 0 Å². The lowest BCUT2D eigenvalue weighted by atomic mass is 10.1. The van der Waals surface area contributed by atoms with E-state index in [1.54, 1.807) is 19.4 Å². The second kappa shape index (κ2) is 6.30. The molecule has 3 rings (SSSR count). The Morgan fingerprint density at radius 1 is 1.19 bits per heavy atom. The average Bonchev–Trinajstić information content (AvgIpc) is 2.55. The van der Waals surface area contributed by atoms with Gasteiger partial charge in [-0.15, -0.1) is 0 Å². The molecule has 1 aromatic carbocycles. The molecule has 0 amide bonds. The van der Waals surface area contributed by atoms with Gasteiger partial charge in [-0.1, -0.05) is 6.07 Å². The number of anilines is 1. The molecule has 0 spiro atoms. The topological polar surface area (TPSA) is 65.5 Å². The minimum Gasteiger partial charge on any atom is -0.486 e. The van der Waals surface area contributed by atoms with E-state index in [9.17, 15) is 0 Å². The largest absolute Gasteiger partial charge is 0.486 e. The lowest BCUT2D eigenvalue weighted by Crippen LogP contribution is -2.15. The van der Waals surface area contributed by atoms with Gasteiger partial charge in [0.25, 0.3) is 0 Å². The van der Waals surface area contributed by atoms with Crippen molar-refractivity contribution >= 4 is 5.95 Å². The van der Waals surface area contributed by atoms with E-state index >= 15 is 0 Å². The van der Waals surface area contributed by atoms with Crippen LogP contribution in [0.1, 0.15) is 5.56 Å². The molecule has 2 aromatic rings. The van der Waals surface area contributed by atoms with Crippen LogP contribution >= 0.6 is 0 Å². The zero-order valence-corrected chi connectivity index (χ0v) is 11.8. The van der Waals surface area contributed by atoms with Crippen LogP contribution in [0.15, 0.2) is 30.5 Å². The van der Waals surface area contributed by atoms with Gasteiger partial charge in [-0.05, 0) is 24.1 Å². The summed E-state index contributed by atoms with van der Waals surface area (Å²) < 4.78 is 16.1. The Balaban J connectivity index is 1.57. The molecular weight excluding hydrogens is 270 g/mol. The number of benzene rings is 1. The monoisotopic (exact) mass is 287 g/mol. The third-order valence-corrected chi connectivity index (χ3v) is 3.14. The van der Waals surface area contributed by atoms with Gasteiger partial charge in [0.15, 0.2) is 11.5 Å². The zero-order valence-electron chi connectivity index (χ0n) is 11.8. The Labute approximate surface area is 123 Å². The first kappa shape index (κ1) is 13.5. The highest BCUT2D eigenvalue weighted by atomic mass is 16.6. The molecule has 21 heavy (non-hydrogen) atoms. The second-order valence-corrected chi connectivity index (χ2v) is 4.58. The normalized spacial score (nSPS) is 12.8. The standard InChI is InChI=1S/C15H17N3O3/c1-19-14-5-7-17-15(18-14)16-6-4-11-2-3-12-13(10-11)21-9-8-20-12/h2-3,5,7,10H,4,6,8-9H2,1H3,(H,16,17,18). The van der Waals surface area contributed by atoms with Crippen molar-refractivity contribution in [1.82, 2.24) is 9.97 Å². The molecule has 0 saturated heterocycles. The molecule has 0 fully saturated rings. The van der Waals surface area contributed by atoms with Crippen LogP contribution in [0, 0.1) is 0 Å². The van der Waals surface area contributed by atoms with E-state index in [4.69, 9.17) is 14.2 Å². The molecule has 0 radical (unpaired) electrons. The summed E-state index contributed by atoms with van der Waals surface area (Å²) in [5, 5.41) is 3.17. The predicted molar refractivity (Wildman–Crippen MR) is 78.2 cm³/mol. The second-order valence-electron chi connectivity index (χ2n) is 4.58. The summed E-state index contributed by atoms with van der Waals surface area (Å²) >= 11 is 0. The molecule has 110 valence electrons. The van der Waals surface area contributed by atoms with Crippen molar-refractivity contribution in [2.75, 3.05) is 32.2 Å². The minimum absolute atomic E-state index is 0.548. The Hall–Kier alpha value is -2.50. The van der Waals surface area contributed by atoms with Crippen LogP contribution in [-0.4, -0.2) is 36.8 Å². The van der Waals surface area contributed by atoms with Gasteiger partial charge in [-0.25, -0.2) is 4.98 Å². The molecule has 0 aliphatic carbocycles. The maximum absolute atomic E-state index is 5.57. The van der Waals surface area contributed by atoms with Crippen LogP contribution in [-0.2, 0) is 6.42 Å². The van der Waals surface area contributed by atoms with E-state index < -0.39 is 0 Å². The number of aromatic nitrogens is 2. The van der Waals surface area contributed by atoms with E-state index in [1.807, 2.05) is 18.2 Å². The lowest BCUT2D eigenvalue weighted by Gasteiger charge is -2.18. The highest BCUT2D eigenvalue weighted by molar-refractivity contribution is 5.44. The summed E-state index contributed by atoms with van der Waals surface area (Å²) in [6.07, 6.45) is 2.51. The number of hydrogen-bond donors (Lipinski definition) is 1. The fourth-order valence-corrected chi connectivity index (χ4v) is 2.10. The number of fused-ring (bicyclic) bond motifs is 1. The SMILES string of the molecule is COc1ccnc(NCCc2ccc3c(c2)OCCO3)n1. The van der Waals surface area contributed by atoms with Crippen molar-refractivity contribution in [3.63, 3.8) is 0 Å². The Bertz CT molecular complexity index is 619. The van der Waals surface area contributed by atoms with Crippen LogP contribution < -0.4 is 19.5 Å². The van der Waals surface area contributed by atoms with Crippen molar-refractivity contribution in [3.8, 4) is 17.4 Å². The smallest absolute Gasteiger partial charge is 0.225 e. The first-order chi connectivity index (χ1) is 10.3. The maximum Gasteiger partial charge on any atom is 0.225 e. The minimum atomic E-state index is 0.548. The fraction of sp³-hybridized carbons (Fsp3) is 0.333. The number of hydrogen-bond acceptors (Lipinski definition) is 6. The maximum atomic E-state index is 5.57. The van der Waals surface area contributed by atoms with Crippen molar-refractivity contribution < 1.29 is 14.2 Å². The van der Waals surface area contributed by atoms with Crippen LogP contribution in [0.25, 0.3) is 0 Å². The third-order valence-electron chi connectivity index (χ3n) is 3.14. The van der Waals surface area contributed by atoms with Gasteiger partial charge in [0.2, 0.25) is 11.8 Å². The van der Waals surface area contributed by atoms with Gasteiger partial charge in [0.1, 0.15) is 13.2 Å². The predicted octanol–water partition coefficient (Wildman–Crippen LogP) is 1.91. The number of methoxy groups -OCH3 is 1. The van der Waals surface area contributed by atoms with E-state index in [2.05, 4.69) is 15.3 Å². The number of ether oxygens (including phenoxy) is 3. The van der Waals surface area contributed by atoms with Crippen molar-refractivity contribution in [2.24, 2.45) is 0 Å². The summed E-state index contributed by atoms with van der Waals surface area (Å²) in [5.41, 5.74) is 1.18. The number of nitrogens with zero attached hydrogens (tertiary/aromatic N) is 2. The molecular formula is C15H17N3O3. The average molecular weight is 287 g/mol. The molecule has 6 nitrogen and oxygen atoms in total. The highest BCUT2D eigenvalue weighted by Crippen LogP contribution is 2.30. The quantitative estimate of drug-likeness (QED) is 0.906. The Morgan fingerprint density at radius 2 is 2.05 bits per heavy atom. The van der Waals surface area contributed by atoms with E-state index in [0.29, 0.717) is 25.0 Å². The van der Waals surface area contributed by atoms with Gasteiger partial charge in [-0.3, -0.25) is 0 Å². The molecule has 1 N–H and O–H groups in total. The van der Waals surface area contributed by atoms with Gasteiger partial charge < -0.3 is 19.5 Å². The van der Waals surface area contributed by atoms with Crippen LogP contribution in [0.5, 0.6) is 17.4 Å². The van der Waals surface area contributed by atoms with E-state index in [1.165, 1.54) is 5.56 Å². The summed E-state index contributed by atoms with van der Waals surface area (Å²) in [7, 11) is 1.58. The lowest BCUT2D eigenvalue weighted by molar-refractivity contribution is 0.171. The van der Waals surface area contributed by atoms with Crippen molar-refractivity contribution in [1.29, 1.82) is 0 Å². The van der Waals surface area contributed by atoms with Crippen molar-refractivity contribution in [3.05, 3.63) is 36.0 Å². The fourth-order valence-electron chi connectivity index (χ4n) is 2.10. The van der Waals surface area contributed by atoms with Crippen LogP contribution in [0.2, 0.25) is 0 Å². The molecule has 0 atom stereocenters. The first-order valence-electron chi connectivity index (χ1n) is 6.84. The van der Waals surface area contributed by atoms with Crippen LogP contribution in [0.4, 0.5) is 5.95 Å². The number of rotatable bonds is 5. The first-order valence-corrected chi connectivity index (χ1v) is 6.84. The third kappa shape index (κ3) is 3.34. The van der Waals surface area contributed by atoms with Gasteiger partial charge in [0, 0.05) is 18.8 Å². The molecule has 2 heterocycles. The molecule has 6 heteroatoms. The molecule has 0 bridgehead atoms. The van der Waals surface area contributed by atoms with Crippen molar-refractivity contribution in [2.45, 2.75) is 6.42 Å². The summed E-state index contributed by atoms with van der Waals surface area (Å²) in [6, 6.07) is 7.72. The van der Waals surface area contributed by atoms with Gasteiger partial charge in [0.05, 0.1) is 7.11 Å². The number of nitrogens with one attached hydrogen (secondary N) is 1. The molecule has 1 aromatic heterocycles. The highest BCUT2D eigenvalue weighted by Gasteiger charge is 2.11. The molecule has 0 unspecified atom stereocenters.